The Hall–Kier alpha value is -0.650. The molecule has 1 rings (SSSR count). The fraction of sp³-hybridized carbons (Fsp3) is 0.889. The molecule has 1 heterocycles. The van der Waals surface area contributed by atoms with Crippen molar-refractivity contribution in [3.05, 3.63) is 0 Å². The van der Waals surface area contributed by atoms with Gasteiger partial charge in [-0.25, -0.2) is 0 Å². The van der Waals surface area contributed by atoms with E-state index >= 15 is 0 Å². The average molecular weight is 201 g/mol. The molecule has 14 heavy (non-hydrogen) atoms. The normalized spacial score (nSPS) is 19.1. The van der Waals surface area contributed by atoms with Gasteiger partial charge < -0.3 is 20.6 Å². The van der Waals surface area contributed by atoms with Gasteiger partial charge in [0.25, 0.3) is 0 Å². The summed E-state index contributed by atoms with van der Waals surface area (Å²) in [5.41, 5.74) is -0.592. The maximum absolute atomic E-state index is 11.2. The lowest BCUT2D eigenvalue weighted by Crippen LogP contribution is -2.60. The first-order valence-corrected chi connectivity index (χ1v) is 4.86. The first kappa shape index (κ1) is 11.4. The molecule has 0 aromatic rings. The molecule has 1 fully saturated rings. The Morgan fingerprint density at radius 2 is 2.21 bits per heavy atom. The molecule has 1 aliphatic rings. The zero-order chi connectivity index (χ0) is 10.6. The highest BCUT2D eigenvalue weighted by molar-refractivity contribution is 5.77. The van der Waals surface area contributed by atoms with Crippen molar-refractivity contribution in [2.24, 2.45) is 0 Å². The zero-order valence-corrected chi connectivity index (χ0v) is 8.84. The van der Waals surface area contributed by atoms with Crippen LogP contribution < -0.4 is 10.6 Å². The molecular formula is C9H19N3O2. The molecule has 0 aromatic carbocycles. The van der Waals surface area contributed by atoms with E-state index < -0.39 is 5.60 Å². The van der Waals surface area contributed by atoms with E-state index in [1.165, 1.54) is 0 Å². The summed E-state index contributed by atoms with van der Waals surface area (Å²) in [5, 5.41) is 15.5. The lowest BCUT2D eigenvalue weighted by molar-refractivity contribution is -0.122. The molecule has 1 amide bonds. The van der Waals surface area contributed by atoms with Gasteiger partial charge in [-0.05, 0) is 20.5 Å². The Balaban J connectivity index is 2.06. The molecular weight excluding hydrogens is 182 g/mol. The van der Waals surface area contributed by atoms with Gasteiger partial charge in [0.15, 0.2) is 0 Å². The summed E-state index contributed by atoms with van der Waals surface area (Å²) in [5.74, 6) is 0.00545. The van der Waals surface area contributed by atoms with Gasteiger partial charge in [-0.1, -0.05) is 0 Å². The molecule has 0 spiro atoms. The average Bonchev–Trinajstić information content (AvgIpc) is 1.99. The highest BCUT2D eigenvalue weighted by atomic mass is 16.3. The summed E-state index contributed by atoms with van der Waals surface area (Å²) in [6.45, 7) is 2.22. The first-order valence-electron chi connectivity index (χ1n) is 4.86. The van der Waals surface area contributed by atoms with E-state index in [1.54, 1.807) is 0 Å². The number of carbonyl (C=O) groups excluding carboxylic acids is 1. The van der Waals surface area contributed by atoms with Gasteiger partial charge in [0, 0.05) is 19.6 Å². The minimum absolute atomic E-state index is 0.00545. The van der Waals surface area contributed by atoms with E-state index in [0.717, 1.165) is 0 Å². The smallest absolute Gasteiger partial charge is 0.234 e. The summed E-state index contributed by atoms with van der Waals surface area (Å²) in [6, 6.07) is 0. The van der Waals surface area contributed by atoms with Crippen LogP contribution in [0.3, 0.4) is 0 Å². The van der Waals surface area contributed by atoms with Crippen molar-refractivity contribution in [1.82, 2.24) is 15.5 Å². The molecule has 82 valence electrons. The molecule has 0 aliphatic carbocycles. The third-order valence-electron chi connectivity index (χ3n) is 2.28. The predicted octanol–water partition coefficient (Wildman–Crippen LogP) is -1.61. The van der Waals surface area contributed by atoms with E-state index in [1.807, 2.05) is 19.0 Å². The van der Waals surface area contributed by atoms with E-state index in [4.69, 9.17) is 0 Å². The van der Waals surface area contributed by atoms with Crippen LogP contribution in [0.4, 0.5) is 0 Å². The maximum atomic E-state index is 11.2. The fourth-order valence-electron chi connectivity index (χ4n) is 1.37. The summed E-state index contributed by atoms with van der Waals surface area (Å²) in [6.07, 6.45) is 0.624. The van der Waals surface area contributed by atoms with Crippen molar-refractivity contribution in [3.8, 4) is 0 Å². The number of carbonyl (C=O) groups is 1. The van der Waals surface area contributed by atoms with Gasteiger partial charge in [0.1, 0.15) is 0 Å². The van der Waals surface area contributed by atoms with Gasteiger partial charge in [-0.2, -0.15) is 0 Å². The lowest BCUT2D eigenvalue weighted by Gasteiger charge is -2.37. The van der Waals surface area contributed by atoms with Gasteiger partial charge in [-0.15, -0.1) is 0 Å². The molecule has 0 aromatic heterocycles. The molecule has 1 aliphatic heterocycles. The van der Waals surface area contributed by atoms with Crippen LogP contribution in [0.15, 0.2) is 0 Å². The predicted molar refractivity (Wildman–Crippen MR) is 54.0 cm³/mol. The summed E-state index contributed by atoms with van der Waals surface area (Å²) < 4.78 is 0. The highest BCUT2D eigenvalue weighted by Crippen LogP contribution is 2.13. The molecule has 0 bridgehead atoms. The Morgan fingerprint density at radius 1 is 1.57 bits per heavy atom. The van der Waals surface area contributed by atoms with Crippen LogP contribution >= 0.6 is 0 Å². The number of likely N-dealkylation sites (N-methyl/N-ethyl adjacent to an activating group) is 1. The molecule has 0 atom stereocenters. The van der Waals surface area contributed by atoms with Crippen molar-refractivity contribution in [3.63, 3.8) is 0 Å². The fourth-order valence-corrected chi connectivity index (χ4v) is 1.37. The third-order valence-corrected chi connectivity index (χ3v) is 2.28. The number of hydrogen-bond donors (Lipinski definition) is 3. The van der Waals surface area contributed by atoms with E-state index in [9.17, 15) is 9.90 Å². The van der Waals surface area contributed by atoms with Gasteiger partial charge in [0.2, 0.25) is 5.91 Å². The van der Waals surface area contributed by atoms with Crippen molar-refractivity contribution in [2.45, 2.75) is 12.0 Å². The van der Waals surface area contributed by atoms with E-state index in [2.05, 4.69) is 10.6 Å². The number of hydrogen-bond acceptors (Lipinski definition) is 4. The van der Waals surface area contributed by atoms with Crippen LogP contribution in [0.5, 0.6) is 0 Å². The minimum Gasteiger partial charge on any atom is -0.387 e. The van der Waals surface area contributed by atoms with Crippen LogP contribution in [-0.2, 0) is 4.79 Å². The molecule has 3 N–H and O–H groups in total. The van der Waals surface area contributed by atoms with Gasteiger partial charge in [-0.3, -0.25) is 4.79 Å². The number of amides is 1. The second-order valence-electron chi connectivity index (χ2n) is 4.17. The minimum atomic E-state index is -0.592. The Labute approximate surface area is 84.5 Å². The van der Waals surface area contributed by atoms with Crippen LogP contribution in [0.1, 0.15) is 6.42 Å². The van der Waals surface area contributed by atoms with Crippen molar-refractivity contribution in [1.29, 1.82) is 0 Å². The molecule has 1 saturated heterocycles. The zero-order valence-electron chi connectivity index (χ0n) is 8.84. The largest absolute Gasteiger partial charge is 0.387 e. The Morgan fingerprint density at radius 3 is 2.64 bits per heavy atom. The van der Waals surface area contributed by atoms with Crippen LogP contribution in [-0.4, -0.2) is 61.8 Å². The quantitative estimate of drug-likeness (QED) is 0.501. The van der Waals surface area contributed by atoms with Crippen molar-refractivity contribution < 1.29 is 9.90 Å². The highest BCUT2D eigenvalue weighted by Gasteiger charge is 2.33. The topological polar surface area (TPSA) is 64.6 Å². The molecule has 0 radical (unpaired) electrons. The molecule has 5 nitrogen and oxygen atoms in total. The van der Waals surface area contributed by atoms with Gasteiger partial charge >= 0.3 is 0 Å². The van der Waals surface area contributed by atoms with Crippen molar-refractivity contribution >= 4 is 5.91 Å². The third kappa shape index (κ3) is 3.61. The lowest BCUT2D eigenvalue weighted by atomic mass is 9.93. The molecule has 0 saturated carbocycles. The van der Waals surface area contributed by atoms with Gasteiger partial charge in [0.05, 0.1) is 12.1 Å². The monoisotopic (exact) mass is 201 g/mol. The SMILES string of the molecule is CN(C)CC(=O)NCCC1(O)CNC1. The molecule has 5 heteroatoms. The maximum Gasteiger partial charge on any atom is 0.234 e. The summed E-state index contributed by atoms with van der Waals surface area (Å²) in [7, 11) is 3.70. The Kier molecular flexibility index (Phi) is 3.86. The summed E-state index contributed by atoms with van der Waals surface area (Å²) >= 11 is 0. The van der Waals surface area contributed by atoms with Crippen LogP contribution in [0.2, 0.25) is 0 Å². The Bertz CT molecular complexity index is 202. The summed E-state index contributed by atoms with van der Waals surface area (Å²) in [4.78, 5) is 13.0. The number of nitrogens with zero attached hydrogens (tertiary/aromatic N) is 1. The van der Waals surface area contributed by atoms with E-state index in [-0.39, 0.29) is 5.91 Å². The number of β-amino-alcohol motifs (C(OH)–C–C–N with tert-alkyl or cyclic N) is 1. The van der Waals surface area contributed by atoms with Crippen LogP contribution in [0, 0.1) is 0 Å². The number of rotatable bonds is 5. The standard InChI is InChI=1S/C9H19N3O2/c1-12(2)5-8(13)11-4-3-9(14)6-10-7-9/h10,14H,3-7H2,1-2H3,(H,11,13). The number of nitrogens with one attached hydrogen (secondary N) is 2. The van der Waals surface area contributed by atoms with E-state index in [0.29, 0.717) is 32.6 Å². The first-order chi connectivity index (χ1) is 6.52. The number of aliphatic hydroxyl groups is 1. The second kappa shape index (κ2) is 4.72. The second-order valence-corrected chi connectivity index (χ2v) is 4.17. The van der Waals surface area contributed by atoms with Crippen LogP contribution in [0.25, 0.3) is 0 Å². The molecule has 0 unspecified atom stereocenters. The van der Waals surface area contributed by atoms with Crippen molar-refractivity contribution in [2.75, 3.05) is 40.3 Å².